The maximum absolute atomic E-state index is 16.5. The summed E-state index contributed by atoms with van der Waals surface area (Å²) in [5.74, 6) is -2.52. The van der Waals surface area contributed by atoms with E-state index in [0.29, 0.717) is 5.82 Å². The highest BCUT2D eigenvalue weighted by Crippen LogP contribution is 2.60. The van der Waals surface area contributed by atoms with Crippen molar-refractivity contribution in [3.63, 3.8) is 0 Å². The highest BCUT2D eigenvalue weighted by molar-refractivity contribution is 8.44. The number of carbonyl (C=O) groups is 1. The fraction of sp³-hybridized carbons (Fsp3) is 0.607. The number of nitrogens with one attached hydrogen (secondary N) is 3. The fourth-order valence-electron chi connectivity index (χ4n) is 6.10. The summed E-state index contributed by atoms with van der Waals surface area (Å²) < 4.78 is 76.9. The van der Waals surface area contributed by atoms with Crippen molar-refractivity contribution >= 4 is 66.2 Å². The molecule has 0 aromatic carbocycles. The fourth-order valence-corrected chi connectivity index (χ4v) is 10.5. The summed E-state index contributed by atoms with van der Waals surface area (Å²) in [4.78, 5) is 44.2. The van der Waals surface area contributed by atoms with E-state index in [1.165, 1.54) is 23.4 Å². The summed E-state index contributed by atoms with van der Waals surface area (Å²) >= 11 is 10.0. The van der Waals surface area contributed by atoms with Crippen LogP contribution in [0.5, 0.6) is 0 Å². The molecule has 1 aliphatic carbocycles. The van der Waals surface area contributed by atoms with Crippen molar-refractivity contribution < 1.29 is 41.0 Å². The quantitative estimate of drug-likeness (QED) is 0.145. The summed E-state index contributed by atoms with van der Waals surface area (Å²) in [5.41, 5.74) is -0.815. The van der Waals surface area contributed by atoms with E-state index in [4.69, 9.17) is 34.6 Å². The molecule has 51 heavy (non-hydrogen) atoms. The normalized spacial score (nSPS) is 34.2. The molecule has 276 valence electrons. The number of carbonyl (C=O) groups excluding carboxylic acids is 1. The van der Waals surface area contributed by atoms with E-state index in [9.17, 15) is 19.4 Å². The minimum absolute atomic E-state index is 0.0319. The van der Waals surface area contributed by atoms with Crippen molar-refractivity contribution in [2.24, 2.45) is 17.8 Å². The van der Waals surface area contributed by atoms with Crippen LogP contribution in [0.3, 0.4) is 0 Å². The number of alkyl halides is 2. The van der Waals surface area contributed by atoms with Crippen LogP contribution in [0.25, 0.3) is 11.2 Å². The van der Waals surface area contributed by atoms with Crippen molar-refractivity contribution in [3.8, 4) is 6.07 Å². The smallest absolute Gasteiger partial charge is 0.364 e. The number of fused-ring (bicyclic) bond motifs is 4. The second-order valence-electron chi connectivity index (χ2n) is 12.5. The highest BCUT2D eigenvalue weighted by Gasteiger charge is 2.52. The van der Waals surface area contributed by atoms with Gasteiger partial charge in [-0.05, 0) is 24.3 Å². The van der Waals surface area contributed by atoms with Gasteiger partial charge in [0.2, 0.25) is 11.9 Å². The van der Waals surface area contributed by atoms with Gasteiger partial charge in [0.25, 0.3) is 5.56 Å². The molecule has 17 nitrogen and oxygen atoms in total. The zero-order chi connectivity index (χ0) is 36.5. The van der Waals surface area contributed by atoms with E-state index in [2.05, 4.69) is 47.8 Å². The lowest BCUT2D eigenvalue weighted by Crippen LogP contribution is -2.34. The Morgan fingerprint density at radius 3 is 2.82 bits per heavy atom. The zero-order valence-corrected chi connectivity index (χ0v) is 30.7. The third kappa shape index (κ3) is 8.50. The molecule has 3 aromatic rings. The Labute approximate surface area is 300 Å². The Morgan fingerprint density at radius 1 is 1.29 bits per heavy atom. The molecule has 5 heterocycles. The molecule has 3 aliphatic rings. The number of ether oxygens (including phenoxy) is 1. The van der Waals surface area contributed by atoms with Gasteiger partial charge >= 0.3 is 6.80 Å². The Bertz CT molecular complexity index is 1940. The van der Waals surface area contributed by atoms with Crippen LogP contribution >= 0.6 is 25.5 Å². The third-order valence-electron chi connectivity index (χ3n) is 8.63. The summed E-state index contributed by atoms with van der Waals surface area (Å²) in [5, 5.41) is 14.7. The van der Waals surface area contributed by atoms with Gasteiger partial charge in [0.05, 0.1) is 44.7 Å². The Hall–Kier alpha value is -2.92. The van der Waals surface area contributed by atoms with E-state index in [1.54, 1.807) is 19.9 Å². The average Bonchev–Trinajstić information content (AvgIpc) is 3.73. The zero-order valence-electron chi connectivity index (χ0n) is 27.2. The van der Waals surface area contributed by atoms with Crippen molar-refractivity contribution in [2.75, 3.05) is 36.6 Å². The largest absolute Gasteiger partial charge is 0.386 e. The van der Waals surface area contributed by atoms with Gasteiger partial charge < -0.3 is 19.1 Å². The standard InChI is InChI=1S/C28H35F2N9O8P2S2/c1-14(2)25(40)37-28-36-24-22(26(41)38-28)34-13-39(24)27-16-11-48(50,43-7-3-5-31)44-9-15-8-17(35-19-4-6-32-12-33-19)21(30)23(15)47-49(42,51)45-10-18(46-27)20(16)29/h4,6,12-18,20-21,23,27H,3,7-11H2,1-2H3,(H,42,51)(H,32,33,35)(H2,36,37,38,40,41)/t15-,16-,17-,18-,20+,21+,23-,27-,48?,49?/m1/s1. The monoisotopic (exact) mass is 789 g/mol. The van der Waals surface area contributed by atoms with Gasteiger partial charge in [-0.1, -0.05) is 26.1 Å². The lowest BCUT2D eigenvalue weighted by molar-refractivity contribution is -0.118. The van der Waals surface area contributed by atoms with Gasteiger partial charge in [-0.25, -0.2) is 28.3 Å². The number of rotatable bonds is 8. The van der Waals surface area contributed by atoms with Crippen LogP contribution in [0.15, 0.2) is 29.7 Å². The third-order valence-corrected chi connectivity index (χ3v) is 13.3. The molecule has 6 rings (SSSR count). The summed E-state index contributed by atoms with van der Waals surface area (Å²) in [6.07, 6.45) is -3.67. The summed E-state index contributed by atoms with van der Waals surface area (Å²) in [6, 6.07) is 2.68. The van der Waals surface area contributed by atoms with E-state index in [1.807, 2.05) is 6.07 Å². The van der Waals surface area contributed by atoms with Crippen LogP contribution in [0.2, 0.25) is 0 Å². The molecular formula is C28H35F2N9O8P2S2. The van der Waals surface area contributed by atoms with Gasteiger partial charge in [-0.3, -0.25) is 33.5 Å². The lowest BCUT2D eigenvalue weighted by atomic mass is 10.0. The number of hydrogen-bond donors (Lipinski definition) is 4. The number of thiol groups is 1. The first-order chi connectivity index (χ1) is 24.3. The molecule has 0 radical (unpaired) electrons. The van der Waals surface area contributed by atoms with Crippen LogP contribution in [-0.4, -0.2) is 92.0 Å². The van der Waals surface area contributed by atoms with Crippen LogP contribution in [0.1, 0.15) is 32.9 Å². The first kappa shape index (κ1) is 37.8. The number of imidazole rings is 1. The Kier molecular flexibility index (Phi) is 11.6. The van der Waals surface area contributed by atoms with Crippen molar-refractivity contribution in [2.45, 2.75) is 63.5 Å². The maximum Gasteiger partial charge on any atom is 0.386 e. The number of aromatic nitrogens is 6. The van der Waals surface area contributed by atoms with Crippen LogP contribution in [0.4, 0.5) is 20.5 Å². The van der Waals surface area contributed by atoms with Crippen molar-refractivity contribution in [1.82, 2.24) is 29.5 Å². The molecule has 0 spiro atoms. The molecule has 2 bridgehead atoms. The second-order valence-corrected chi connectivity index (χ2v) is 19.2. The molecule has 2 aliphatic heterocycles. The SMILES string of the molecule is CC(C)C(=O)Nc1nc2c(ncn2[C@@H]2O[C@@H]3COP(=O)(S)O[C@@H]4[C@@H](COP(=S)(OCCC#N)C[C@@H]2[C@@H]3F)C[C@@H](Nc2ccncn2)[C@@H]4F)c(=O)[nH]1. The molecule has 2 saturated heterocycles. The molecule has 2 unspecified atom stereocenters. The predicted octanol–water partition coefficient (Wildman–Crippen LogP) is 3.90. The maximum atomic E-state index is 16.5. The number of aromatic amines is 1. The first-order valence-corrected chi connectivity index (χ1v) is 21.4. The van der Waals surface area contributed by atoms with Crippen molar-refractivity contribution in [1.29, 1.82) is 5.26 Å². The topological polar surface area (TPSA) is 217 Å². The molecule has 1 amide bonds. The van der Waals surface area contributed by atoms with Crippen LogP contribution in [-0.2, 0) is 44.0 Å². The highest BCUT2D eigenvalue weighted by atomic mass is 32.7. The van der Waals surface area contributed by atoms with Crippen molar-refractivity contribution in [3.05, 3.63) is 35.3 Å². The second kappa shape index (κ2) is 15.6. The van der Waals surface area contributed by atoms with Gasteiger partial charge in [-0.2, -0.15) is 10.2 Å². The van der Waals surface area contributed by atoms with Crippen LogP contribution < -0.4 is 16.2 Å². The molecular weight excluding hydrogens is 754 g/mol. The lowest BCUT2D eigenvalue weighted by Gasteiger charge is -2.30. The molecule has 3 aromatic heterocycles. The van der Waals surface area contributed by atoms with E-state index >= 15 is 8.78 Å². The van der Waals surface area contributed by atoms with Gasteiger partial charge in [0.15, 0.2) is 17.7 Å². The molecule has 3 N–H and O–H groups in total. The van der Waals surface area contributed by atoms with Crippen LogP contribution in [0, 0.1) is 29.1 Å². The number of nitriles is 1. The molecule has 1 saturated carbocycles. The van der Waals surface area contributed by atoms with Gasteiger partial charge in [0.1, 0.15) is 42.9 Å². The number of amides is 1. The number of halogens is 2. The summed E-state index contributed by atoms with van der Waals surface area (Å²) in [6.45, 7) is -5.50. The Balaban J connectivity index is 1.34. The number of anilines is 2. The van der Waals surface area contributed by atoms with E-state index in [0.717, 1.165) is 0 Å². The number of nitrogens with zero attached hydrogens (tertiary/aromatic N) is 6. The minimum Gasteiger partial charge on any atom is -0.364 e. The minimum atomic E-state index is -4.34. The predicted molar refractivity (Wildman–Crippen MR) is 185 cm³/mol. The van der Waals surface area contributed by atoms with E-state index < -0.39 is 85.9 Å². The number of H-pyrrole nitrogens is 1. The number of hydrogen-bond acceptors (Lipinski definition) is 15. The molecule has 23 heteroatoms. The average molecular weight is 790 g/mol. The Morgan fingerprint density at radius 2 is 2.10 bits per heavy atom. The molecule has 10 atom stereocenters. The first-order valence-electron chi connectivity index (χ1n) is 15.9. The summed E-state index contributed by atoms with van der Waals surface area (Å²) in [7, 11) is 0. The van der Waals surface area contributed by atoms with E-state index in [-0.39, 0.29) is 49.3 Å². The van der Waals surface area contributed by atoms with Gasteiger partial charge in [-0.15, -0.1) is 0 Å². The van der Waals surface area contributed by atoms with Gasteiger partial charge in [0, 0.05) is 30.1 Å². The molecule has 3 fully saturated rings.